The minimum absolute atomic E-state index is 0.131. The summed E-state index contributed by atoms with van der Waals surface area (Å²) in [5.74, 6) is -0.189. The fraction of sp³-hybridized carbons (Fsp3) is 0.450. The number of likely N-dealkylation sites (tertiary alicyclic amines) is 1. The summed E-state index contributed by atoms with van der Waals surface area (Å²) < 4.78 is 32.1. The Hall–Kier alpha value is -2.72. The third kappa shape index (κ3) is 3.97. The molecule has 2 fully saturated rings. The molecule has 160 valence electrons. The second-order valence-corrected chi connectivity index (χ2v) is 9.34. The lowest BCUT2D eigenvalue weighted by atomic mass is 10.00. The van der Waals surface area contributed by atoms with Crippen molar-refractivity contribution in [1.82, 2.24) is 19.1 Å². The molecule has 0 aliphatic carbocycles. The first kappa shape index (κ1) is 20.5. The van der Waals surface area contributed by atoms with Gasteiger partial charge in [0.1, 0.15) is 10.9 Å². The summed E-state index contributed by atoms with van der Waals surface area (Å²) in [5.41, 5.74) is 0. The van der Waals surface area contributed by atoms with Gasteiger partial charge in [0.15, 0.2) is 5.76 Å². The van der Waals surface area contributed by atoms with Gasteiger partial charge in [-0.2, -0.15) is 4.31 Å². The summed E-state index contributed by atoms with van der Waals surface area (Å²) >= 11 is 0. The fourth-order valence-electron chi connectivity index (χ4n) is 3.98. The Balaban J connectivity index is 1.42. The van der Waals surface area contributed by atoms with E-state index in [0.717, 1.165) is 12.8 Å². The molecule has 0 spiro atoms. The average Bonchev–Trinajstić information content (AvgIpc) is 3.34. The van der Waals surface area contributed by atoms with Crippen LogP contribution in [0.25, 0.3) is 0 Å². The van der Waals surface area contributed by atoms with Gasteiger partial charge in [0.25, 0.3) is 5.91 Å². The lowest BCUT2D eigenvalue weighted by Crippen LogP contribution is -2.57. The minimum atomic E-state index is -3.63. The zero-order valence-corrected chi connectivity index (χ0v) is 17.3. The van der Waals surface area contributed by atoms with Crippen molar-refractivity contribution in [3.05, 3.63) is 48.7 Å². The van der Waals surface area contributed by atoms with E-state index in [-0.39, 0.29) is 48.6 Å². The number of carbonyl (C=O) groups is 2. The molecule has 30 heavy (non-hydrogen) atoms. The number of pyridine rings is 1. The van der Waals surface area contributed by atoms with E-state index in [9.17, 15) is 18.0 Å². The van der Waals surface area contributed by atoms with E-state index in [0.29, 0.717) is 13.0 Å². The summed E-state index contributed by atoms with van der Waals surface area (Å²) in [7, 11) is -3.63. The summed E-state index contributed by atoms with van der Waals surface area (Å²) in [4.78, 5) is 33.2. The number of rotatable bonds is 4. The van der Waals surface area contributed by atoms with E-state index in [1.807, 2.05) is 0 Å². The number of piperazine rings is 1. The number of aromatic nitrogens is 1. The van der Waals surface area contributed by atoms with E-state index >= 15 is 0 Å². The summed E-state index contributed by atoms with van der Waals surface area (Å²) in [6.45, 7) is 1.50. The lowest BCUT2D eigenvalue weighted by Gasteiger charge is -2.40. The van der Waals surface area contributed by atoms with Gasteiger partial charge in [-0.3, -0.25) is 14.6 Å². The Morgan fingerprint density at radius 3 is 2.50 bits per heavy atom. The smallest absolute Gasteiger partial charge is 0.290 e. The molecule has 2 amide bonds. The van der Waals surface area contributed by atoms with Crippen molar-refractivity contribution in [2.45, 2.75) is 30.2 Å². The highest BCUT2D eigenvalue weighted by atomic mass is 32.2. The molecule has 2 aliphatic rings. The predicted molar refractivity (Wildman–Crippen MR) is 107 cm³/mol. The van der Waals surface area contributed by atoms with Crippen LogP contribution in [0.1, 0.15) is 29.8 Å². The van der Waals surface area contributed by atoms with Gasteiger partial charge < -0.3 is 14.2 Å². The molecule has 0 radical (unpaired) electrons. The Kier molecular flexibility index (Phi) is 5.87. The molecule has 0 N–H and O–H groups in total. The third-order valence-electron chi connectivity index (χ3n) is 5.60. The largest absolute Gasteiger partial charge is 0.459 e. The summed E-state index contributed by atoms with van der Waals surface area (Å²) in [6.07, 6.45) is 6.60. The van der Waals surface area contributed by atoms with Crippen molar-refractivity contribution in [2.75, 3.05) is 32.7 Å². The molecule has 10 heteroatoms. The fourth-order valence-corrected chi connectivity index (χ4v) is 5.37. The molecule has 1 atom stereocenters. The molecule has 2 saturated heterocycles. The number of hydrogen-bond donors (Lipinski definition) is 0. The first-order valence-electron chi connectivity index (χ1n) is 10.0. The van der Waals surface area contributed by atoms with Crippen LogP contribution in [0, 0.1) is 0 Å². The van der Waals surface area contributed by atoms with Crippen LogP contribution in [0.4, 0.5) is 0 Å². The second kappa shape index (κ2) is 8.57. The lowest BCUT2D eigenvalue weighted by molar-refractivity contribution is -0.138. The van der Waals surface area contributed by atoms with Crippen LogP contribution in [0.2, 0.25) is 0 Å². The quantitative estimate of drug-likeness (QED) is 0.719. The van der Waals surface area contributed by atoms with Gasteiger partial charge in [0.2, 0.25) is 15.9 Å². The molecule has 0 bridgehead atoms. The van der Waals surface area contributed by atoms with Gasteiger partial charge in [-0.05, 0) is 43.5 Å². The zero-order chi connectivity index (χ0) is 21.1. The highest BCUT2D eigenvalue weighted by molar-refractivity contribution is 7.89. The van der Waals surface area contributed by atoms with E-state index in [4.69, 9.17) is 4.42 Å². The SMILES string of the molecule is O=C(C1CCCCN1C(=O)c1ccco1)N1CCN(S(=O)(=O)c2cccnc2)CC1. The molecule has 2 aliphatic heterocycles. The van der Waals surface area contributed by atoms with Gasteiger partial charge in [-0.15, -0.1) is 0 Å². The van der Waals surface area contributed by atoms with Crippen LogP contribution < -0.4 is 0 Å². The first-order valence-corrected chi connectivity index (χ1v) is 11.5. The maximum absolute atomic E-state index is 13.2. The second-order valence-electron chi connectivity index (χ2n) is 7.41. The van der Waals surface area contributed by atoms with Crippen molar-refractivity contribution in [3.63, 3.8) is 0 Å². The number of piperidine rings is 1. The third-order valence-corrected chi connectivity index (χ3v) is 7.49. The molecule has 9 nitrogen and oxygen atoms in total. The molecule has 2 aromatic heterocycles. The maximum Gasteiger partial charge on any atom is 0.290 e. The van der Waals surface area contributed by atoms with Crippen molar-refractivity contribution < 1.29 is 22.4 Å². The van der Waals surface area contributed by atoms with Crippen LogP contribution in [-0.4, -0.2) is 78.1 Å². The molecular formula is C20H24N4O5S. The molecule has 4 heterocycles. The van der Waals surface area contributed by atoms with E-state index in [2.05, 4.69) is 4.98 Å². The summed E-state index contributed by atoms with van der Waals surface area (Å²) in [6, 6.07) is 5.80. The Morgan fingerprint density at radius 2 is 1.83 bits per heavy atom. The van der Waals surface area contributed by atoms with Crippen molar-refractivity contribution >= 4 is 21.8 Å². The molecule has 2 aromatic rings. The van der Waals surface area contributed by atoms with Crippen LogP contribution in [0.5, 0.6) is 0 Å². The van der Waals surface area contributed by atoms with Gasteiger partial charge in [0.05, 0.1) is 6.26 Å². The number of nitrogens with zero attached hydrogens (tertiary/aromatic N) is 4. The van der Waals surface area contributed by atoms with Crippen LogP contribution in [0.3, 0.4) is 0 Å². The average molecular weight is 433 g/mol. The van der Waals surface area contributed by atoms with E-state index in [1.54, 1.807) is 28.0 Å². The molecule has 0 saturated carbocycles. The molecular weight excluding hydrogens is 408 g/mol. The van der Waals surface area contributed by atoms with Crippen LogP contribution in [-0.2, 0) is 14.8 Å². The molecule has 4 rings (SSSR count). The van der Waals surface area contributed by atoms with Crippen molar-refractivity contribution in [1.29, 1.82) is 0 Å². The minimum Gasteiger partial charge on any atom is -0.459 e. The van der Waals surface area contributed by atoms with E-state index in [1.165, 1.54) is 29.0 Å². The normalized spacial score (nSPS) is 20.9. The number of furan rings is 1. The van der Waals surface area contributed by atoms with Crippen LogP contribution >= 0.6 is 0 Å². The topological polar surface area (TPSA) is 104 Å². The first-order chi connectivity index (χ1) is 14.5. The Bertz CT molecular complexity index is 985. The van der Waals surface area contributed by atoms with E-state index < -0.39 is 16.1 Å². The number of sulfonamides is 1. The molecule has 1 unspecified atom stereocenters. The van der Waals surface area contributed by atoms with Crippen LogP contribution in [0.15, 0.2) is 52.2 Å². The monoisotopic (exact) mass is 432 g/mol. The highest BCUT2D eigenvalue weighted by Gasteiger charge is 2.38. The number of amides is 2. The maximum atomic E-state index is 13.2. The Morgan fingerprint density at radius 1 is 1.03 bits per heavy atom. The van der Waals surface area contributed by atoms with Crippen molar-refractivity contribution in [3.8, 4) is 0 Å². The standard InChI is InChI=1S/C20H24N4O5S/c25-19(17-6-1-2-9-24(17)20(26)18-7-4-14-29-18)22-10-12-23(13-11-22)30(27,28)16-5-3-8-21-15-16/h3-5,7-8,14-15,17H,1-2,6,9-13H2. The summed E-state index contributed by atoms with van der Waals surface area (Å²) in [5, 5.41) is 0. The molecule has 0 aromatic carbocycles. The highest BCUT2D eigenvalue weighted by Crippen LogP contribution is 2.23. The Labute approximate surface area is 175 Å². The number of carbonyl (C=O) groups excluding carboxylic acids is 2. The van der Waals surface area contributed by atoms with Gasteiger partial charge in [-0.25, -0.2) is 8.42 Å². The zero-order valence-electron chi connectivity index (χ0n) is 16.5. The van der Waals surface area contributed by atoms with Gasteiger partial charge in [0, 0.05) is 45.1 Å². The van der Waals surface area contributed by atoms with Gasteiger partial charge in [-0.1, -0.05) is 0 Å². The number of hydrogen-bond acceptors (Lipinski definition) is 6. The van der Waals surface area contributed by atoms with Crippen molar-refractivity contribution in [2.24, 2.45) is 0 Å². The van der Waals surface area contributed by atoms with Gasteiger partial charge >= 0.3 is 0 Å². The predicted octanol–water partition coefficient (Wildman–Crippen LogP) is 1.20.